The van der Waals surface area contributed by atoms with Crippen molar-refractivity contribution in [1.82, 2.24) is 9.97 Å². The molecule has 0 radical (unpaired) electrons. The number of benzene rings is 1. The summed E-state index contributed by atoms with van der Waals surface area (Å²) in [5.74, 6) is 1.41. The van der Waals surface area contributed by atoms with E-state index in [0.717, 1.165) is 23.1 Å². The van der Waals surface area contributed by atoms with Crippen LogP contribution < -0.4 is 9.47 Å². The van der Waals surface area contributed by atoms with Crippen LogP contribution in [-0.4, -0.2) is 21.7 Å². The molecule has 3 heterocycles. The van der Waals surface area contributed by atoms with Crippen molar-refractivity contribution >= 4 is 0 Å². The molecule has 0 bridgehead atoms. The maximum atomic E-state index is 10.8. The summed E-state index contributed by atoms with van der Waals surface area (Å²) < 4.78 is 11.7. The number of aliphatic hydroxyl groups excluding tert-OH is 1. The van der Waals surface area contributed by atoms with Crippen LogP contribution in [0.2, 0.25) is 0 Å². The van der Waals surface area contributed by atoms with E-state index in [4.69, 9.17) is 9.47 Å². The molecule has 26 heavy (non-hydrogen) atoms. The van der Waals surface area contributed by atoms with Crippen LogP contribution in [0.3, 0.4) is 0 Å². The molecule has 132 valence electrons. The Morgan fingerprint density at radius 1 is 1.04 bits per heavy atom. The van der Waals surface area contributed by atoms with Gasteiger partial charge in [0.2, 0.25) is 0 Å². The minimum atomic E-state index is -0.596. The Labute approximate surface area is 152 Å². The van der Waals surface area contributed by atoms with Crippen LogP contribution in [-0.2, 0) is 13.0 Å². The van der Waals surface area contributed by atoms with Crippen LogP contribution in [0.15, 0.2) is 67.3 Å². The average Bonchev–Trinajstić information content (AvgIpc) is 2.70. The number of nitrogens with zero attached hydrogens (tertiary/aromatic N) is 2. The van der Waals surface area contributed by atoms with Gasteiger partial charge in [-0.25, -0.2) is 0 Å². The van der Waals surface area contributed by atoms with Gasteiger partial charge in [0.1, 0.15) is 18.1 Å². The number of aliphatic hydroxyl groups is 1. The molecule has 2 aromatic heterocycles. The third kappa shape index (κ3) is 3.68. The summed E-state index contributed by atoms with van der Waals surface area (Å²) in [7, 11) is 0. The summed E-state index contributed by atoms with van der Waals surface area (Å²) in [5.41, 5.74) is 2.86. The molecule has 0 saturated heterocycles. The Morgan fingerprint density at radius 3 is 2.54 bits per heavy atom. The van der Waals surface area contributed by atoms with Crippen molar-refractivity contribution in [1.29, 1.82) is 0 Å². The summed E-state index contributed by atoms with van der Waals surface area (Å²) in [6.45, 7) is 0.918. The fourth-order valence-electron chi connectivity index (χ4n) is 3.16. The Balaban J connectivity index is 1.48. The molecule has 1 N–H and O–H groups in total. The zero-order valence-electron chi connectivity index (χ0n) is 14.3. The second-order valence-electron chi connectivity index (χ2n) is 6.43. The summed E-state index contributed by atoms with van der Waals surface area (Å²) in [6, 6.07) is 13.4. The number of pyridine rings is 2. The minimum Gasteiger partial charge on any atom is -0.493 e. The lowest BCUT2D eigenvalue weighted by Gasteiger charge is -2.30. The highest BCUT2D eigenvalue weighted by Gasteiger charge is 2.30. The molecule has 0 spiro atoms. The highest BCUT2D eigenvalue weighted by Crippen LogP contribution is 2.38. The van der Waals surface area contributed by atoms with Crippen molar-refractivity contribution in [2.75, 3.05) is 6.61 Å². The van der Waals surface area contributed by atoms with E-state index >= 15 is 0 Å². The molecule has 5 nitrogen and oxygen atoms in total. The van der Waals surface area contributed by atoms with Crippen LogP contribution in [0.25, 0.3) is 0 Å². The largest absolute Gasteiger partial charge is 0.493 e. The predicted molar refractivity (Wildman–Crippen MR) is 96.9 cm³/mol. The van der Waals surface area contributed by atoms with Gasteiger partial charge in [-0.3, -0.25) is 9.97 Å². The molecule has 2 unspecified atom stereocenters. The van der Waals surface area contributed by atoms with Crippen LogP contribution in [0.1, 0.15) is 22.8 Å². The van der Waals surface area contributed by atoms with Gasteiger partial charge in [-0.15, -0.1) is 0 Å². The topological polar surface area (TPSA) is 64.5 Å². The lowest BCUT2D eigenvalue weighted by molar-refractivity contribution is 0.0504. The van der Waals surface area contributed by atoms with Gasteiger partial charge in [0.05, 0.1) is 12.7 Å². The highest BCUT2D eigenvalue weighted by molar-refractivity contribution is 5.43. The van der Waals surface area contributed by atoms with Gasteiger partial charge in [-0.2, -0.15) is 0 Å². The normalized spacial score (nSPS) is 18.7. The van der Waals surface area contributed by atoms with Crippen molar-refractivity contribution in [2.24, 2.45) is 5.92 Å². The lowest BCUT2D eigenvalue weighted by atomic mass is 9.88. The third-order valence-electron chi connectivity index (χ3n) is 4.55. The van der Waals surface area contributed by atoms with Gasteiger partial charge in [0.25, 0.3) is 0 Å². The Kier molecular flexibility index (Phi) is 4.80. The van der Waals surface area contributed by atoms with Crippen molar-refractivity contribution < 1.29 is 14.6 Å². The maximum Gasteiger partial charge on any atom is 0.125 e. The lowest BCUT2D eigenvalue weighted by Crippen LogP contribution is -2.27. The quantitative estimate of drug-likeness (QED) is 0.766. The third-order valence-corrected chi connectivity index (χ3v) is 4.55. The number of fused-ring (bicyclic) bond motifs is 1. The first-order valence-corrected chi connectivity index (χ1v) is 8.65. The number of rotatable bonds is 5. The van der Waals surface area contributed by atoms with Crippen molar-refractivity contribution in [3.05, 3.63) is 83.9 Å². The van der Waals surface area contributed by atoms with E-state index in [1.54, 1.807) is 18.6 Å². The molecule has 0 amide bonds. The van der Waals surface area contributed by atoms with E-state index in [1.807, 2.05) is 48.7 Å². The van der Waals surface area contributed by atoms with Crippen LogP contribution in [0.5, 0.6) is 11.5 Å². The summed E-state index contributed by atoms with van der Waals surface area (Å²) in [4.78, 5) is 8.22. The van der Waals surface area contributed by atoms with Crippen LogP contribution >= 0.6 is 0 Å². The molecule has 3 aromatic rings. The highest BCUT2D eigenvalue weighted by atomic mass is 16.5. The molecular formula is C21H20N2O3. The molecule has 0 saturated carbocycles. The molecule has 5 heteroatoms. The van der Waals surface area contributed by atoms with E-state index in [0.29, 0.717) is 24.7 Å². The Hall–Kier alpha value is -2.92. The molecule has 1 aliphatic heterocycles. The average molecular weight is 348 g/mol. The van der Waals surface area contributed by atoms with Gasteiger partial charge in [0.15, 0.2) is 0 Å². The molecule has 0 aliphatic carbocycles. The molecular weight excluding hydrogens is 328 g/mol. The second kappa shape index (κ2) is 7.54. The number of ether oxygens (including phenoxy) is 2. The number of hydrogen-bond acceptors (Lipinski definition) is 5. The minimum absolute atomic E-state index is 0.0136. The molecule has 2 atom stereocenters. The SMILES string of the molecule is OC1c2cc(OCc3cccnc3)ccc2OCC1Cc1cccnc1. The molecule has 1 aromatic carbocycles. The van der Waals surface area contributed by atoms with E-state index in [9.17, 15) is 5.11 Å². The van der Waals surface area contributed by atoms with E-state index < -0.39 is 6.10 Å². The van der Waals surface area contributed by atoms with Gasteiger partial charge in [-0.05, 0) is 42.3 Å². The summed E-state index contributed by atoms with van der Waals surface area (Å²) in [5, 5.41) is 10.8. The molecule has 0 fully saturated rings. The van der Waals surface area contributed by atoms with Gasteiger partial charge in [-0.1, -0.05) is 12.1 Å². The van der Waals surface area contributed by atoms with Crippen molar-refractivity contribution in [2.45, 2.75) is 19.1 Å². The smallest absolute Gasteiger partial charge is 0.125 e. The summed E-state index contributed by atoms with van der Waals surface area (Å²) in [6.07, 6.45) is 7.21. The van der Waals surface area contributed by atoms with E-state index in [-0.39, 0.29) is 5.92 Å². The molecule has 1 aliphatic rings. The van der Waals surface area contributed by atoms with Gasteiger partial charge < -0.3 is 14.6 Å². The van der Waals surface area contributed by atoms with E-state index in [2.05, 4.69) is 9.97 Å². The second-order valence-corrected chi connectivity index (χ2v) is 6.43. The van der Waals surface area contributed by atoms with Crippen molar-refractivity contribution in [3.8, 4) is 11.5 Å². The van der Waals surface area contributed by atoms with Crippen LogP contribution in [0, 0.1) is 5.92 Å². The van der Waals surface area contributed by atoms with E-state index in [1.165, 1.54) is 0 Å². The standard InChI is InChI=1S/C21H20N2O3/c24-21-17(9-15-3-1-7-22-11-15)14-26-20-6-5-18(10-19(20)21)25-13-16-4-2-8-23-12-16/h1-8,10-12,17,21,24H,9,13-14H2. The zero-order chi connectivity index (χ0) is 17.8. The monoisotopic (exact) mass is 348 g/mol. The first-order valence-electron chi connectivity index (χ1n) is 8.65. The number of aromatic nitrogens is 2. The predicted octanol–water partition coefficient (Wildman–Crippen LogP) is 3.34. The van der Waals surface area contributed by atoms with Gasteiger partial charge in [0, 0.05) is 41.8 Å². The Morgan fingerprint density at radius 2 is 1.81 bits per heavy atom. The fraction of sp³-hybridized carbons (Fsp3) is 0.238. The maximum absolute atomic E-state index is 10.8. The zero-order valence-corrected chi connectivity index (χ0v) is 14.3. The number of hydrogen-bond donors (Lipinski definition) is 1. The first-order chi connectivity index (χ1) is 12.8. The van der Waals surface area contributed by atoms with Gasteiger partial charge >= 0.3 is 0 Å². The molecule has 4 rings (SSSR count). The van der Waals surface area contributed by atoms with Crippen molar-refractivity contribution in [3.63, 3.8) is 0 Å². The van der Waals surface area contributed by atoms with Crippen LogP contribution in [0.4, 0.5) is 0 Å². The fourth-order valence-corrected chi connectivity index (χ4v) is 3.16. The first kappa shape index (κ1) is 16.5. The summed E-state index contributed by atoms with van der Waals surface area (Å²) >= 11 is 0. The Bertz CT molecular complexity index is 856.